The molecule has 0 unspecified atom stereocenters. The Balaban J connectivity index is 1.18. The van der Waals surface area contributed by atoms with Crippen LogP contribution in [-0.2, 0) is 17.7 Å². The van der Waals surface area contributed by atoms with Crippen LogP contribution in [0, 0.1) is 6.92 Å². The molecule has 2 aromatic heterocycles. The average Bonchev–Trinajstić information content (AvgIpc) is 3.50. The number of hydrogen-bond donors (Lipinski definition) is 2. The van der Waals surface area contributed by atoms with Crippen LogP contribution in [-0.4, -0.2) is 35.8 Å². The summed E-state index contributed by atoms with van der Waals surface area (Å²) in [6.45, 7) is 3.82. The second-order valence-corrected chi connectivity index (χ2v) is 9.52. The van der Waals surface area contributed by atoms with Gasteiger partial charge in [-0.3, -0.25) is 4.79 Å². The predicted octanol–water partition coefficient (Wildman–Crippen LogP) is 4.38. The average molecular weight is 489 g/mol. The normalized spacial score (nSPS) is 16.2. The molecule has 0 saturated heterocycles. The van der Waals surface area contributed by atoms with E-state index in [1.165, 1.54) is 23.2 Å². The molecule has 4 aromatic rings. The number of amides is 1. The van der Waals surface area contributed by atoms with Crippen LogP contribution in [0.1, 0.15) is 38.0 Å². The standard InChI is InChI=1S/C26H24N4O4S/c1-15-22-24(27-11-16-6-7-19-20(10-16)34-14-33-19)29-13-30-26(22)35-23(15)25(31)28-12-21-18-5-3-2-4-17(18)8-9-32-21/h2-7,10,13,21H,8-9,11-12,14H2,1H3,(H,28,31)(H,27,29,30)/t21-/m1/s1. The molecule has 1 atom stereocenters. The number of carbonyl (C=O) groups excluding carboxylic acids is 1. The summed E-state index contributed by atoms with van der Waals surface area (Å²) in [5, 5.41) is 7.32. The Morgan fingerprint density at radius 3 is 2.97 bits per heavy atom. The molecule has 178 valence electrons. The topological polar surface area (TPSA) is 94.6 Å². The summed E-state index contributed by atoms with van der Waals surface area (Å²) >= 11 is 1.38. The first-order valence-electron chi connectivity index (χ1n) is 11.5. The van der Waals surface area contributed by atoms with Crippen molar-refractivity contribution in [1.82, 2.24) is 15.3 Å². The molecule has 2 aliphatic heterocycles. The van der Waals surface area contributed by atoms with Crippen LogP contribution in [0.5, 0.6) is 11.5 Å². The van der Waals surface area contributed by atoms with E-state index < -0.39 is 0 Å². The van der Waals surface area contributed by atoms with Crippen molar-refractivity contribution >= 4 is 33.3 Å². The molecule has 0 saturated carbocycles. The van der Waals surface area contributed by atoms with Gasteiger partial charge < -0.3 is 24.8 Å². The van der Waals surface area contributed by atoms with Gasteiger partial charge in [0.25, 0.3) is 5.91 Å². The molecule has 0 spiro atoms. The number of rotatable bonds is 6. The third-order valence-corrected chi connectivity index (χ3v) is 7.57. The highest BCUT2D eigenvalue weighted by atomic mass is 32.1. The molecule has 4 heterocycles. The molecule has 2 aromatic carbocycles. The number of nitrogens with zero attached hydrogens (tertiary/aromatic N) is 2. The van der Waals surface area contributed by atoms with Gasteiger partial charge in [-0.2, -0.15) is 0 Å². The number of hydrogen-bond acceptors (Lipinski definition) is 8. The summed E-state index contributed by atoms with van der Waals surface area (Å²) < 4.78 is 16.8. The first-order valence-corrected chi connectivity index (χ1v) is 12.3. The lowest BCUT2D eigenvalue weighted by atomic mass is 9.97. The van der Waals surface area contributed by atoms with Crippen LogP contribution < -0.4 is 20.1 Å². The first kappa shape index (κ1) is 21.8. The van der Waals surface area contributed by atoms with E-state index in [0.717, 1.165) is 44.8 Å². The number of aryl methyl sites for hydroxylation is 1. The minimum absolute atomic E-state index is 0.126. The fourth-order valence-corrected chi connectivity index (χ4v) is 5.64. The highest BCUT2D eigenvalue weighted by molar-refractivity contribution is 7.20. The van der Waals surface area contributed by atoms with Gasteiger partial charge in [0.1, 0.15) is 23.1 Å². The Morgan fingerprint density at radius 1 is 1.14 bits per heavy atom. The predicted molar refractivity (Wildman–Crippen MR) is 133 cm³/mol. The summed E-state index contributed by atoms with van der Waals surface area (Å²) in [4.78, 5) is 23.4. The number of benzene rings is 2. The van der Waals surface area contributed by atoms with Crippen molar-refractivity contribution in [1.29, 1.82) is 0 Å². The fraction of sp³-hybridized carbons (Fsp3) is 0.269. The number of ether oxygens (including phenoxy) is 3. The maximum atomic E-state index is 13.1. The number of carbonyl (C=O) groups is 1. The van der Waals surface area contributed by atoms with Crippen molar-refractivity contribution in [2.24, 2.45) is 0 Å². The molecule has 0 aliphatic carbocycles. The lowest BCUT2D eigenvalue weighted by molar-refractivity contribution is 0.0412. The Hall–Kier alpha value is -3.69. The first-order chi connectivity index (χ1) is 17.2. The lowest BCUT2D eigenvalue weighted by Gasteiger charge is -2.26. The summed E-state index contributed by atoms with van der Waals surface area (Å²) in [5.41, 5.74) is 4.33. The zero-order valence-corrected chi connectivity index (χ0v) is 20.0. The lowest BCUT2D eigenvalue weighted by Crippen LogP contribution is -2.31. The van der Waals surface area contributed by atoms with E-state index in [1.54, 1.807) is 0 Å². The summed E-state index contributed by atoms with van der Waals surface area (Å²) in [6.07, 6.45) is 2.28. The molecule has 2 N–H and O–H groups in total. The molecule has 1 amide bonds. The fourth-order valence-electron chi connectivity index (χ4n) is 4.57. The van der Waals surface area contributed by atoms with Crippen LogP contribution in [0.4, 0.5) is 5.82 Å². The molecular weight excluding hydrogens is 464 g/mol. The van der Waals surface area contributed by atoms with Crippen LogP contribution in [0.3, 0.4) is 0 Å². The molecule has 9 heteroatoms. The monoisotopic (exact) mass is 488 g/mol. The molecule has 35 heavy (non-hydrogen) atoms. The quantitative estimate of drug-likeness (QED) is 0.416. The van der Waals surface area contributed by atoms with E-state index in [-0.39, 0.29) is 18.8 Å². The van der Waals surface area contributed by atoms with Crippen LogP contribution in [0.15, 0.2) is 48.8 Å². The van der Waals surface area contributed by atoms with Gasteiger partial charge in [0, 0.05) is 13.1 Å². The van der Waals surface area contributed by atoms with Gasteiger partial charge in [0.2, 0.25) is 6.79 Å². The van der Waals surface area contributed by atoms with E-state index in [4.69, 9.17) is 14.2 Å². The molecular formula is C26H24N4O4S. The minimum atomic E-state index is -0.141. The van der Waals surface area contributed by atoms with Gasteiger partial charge in [-0.1, -0.05) is 30.3 Å². The summed E-state index contributed by atoms with van der Waals surface area (Å²) in [6, 6.07) is 14.1. The largest absolute Gasteiger partial charge is 0.454 e. The summed E-state index contributed by atoms with van der Waals surface area (Å²) in [7, 11) is 0. The number of anilines is 1. The Morgan fingerprint density at radius 2 is 2.03 bits per heavy atom. The highest BCUT2D eigenvalue weighted by Crippen LogP contribution is 2.35. The zero-order chi connectivity index (χ0) is 23.8. The van der Waals surface area contributed by atoms with Crippen molar-refractivity contribution in [2.45, 2.75) is 26.0 Å². The number of thiophene rings is 1. The Bertz CT molecular complexity index is 1420. The molecule has 6 rings (SSSR count). The van der Waals surface area contributed by atoms with E-state index in [2.05, 4.69) is 32.7 Å². The van der Waals surface area contributed by atoms with E-state index in [9.17, 15) is 4.79 Å². The van der Waals surface area contributed by atoms with Gasteiger partial charge in [-0.15, -0.1) is 11.3 Å². The highest BCUT2D eigenvalue weighted by Gasteiger charge is 2.24. The number of fused-ring (bicyclic) bond motifs is 3. The molecule has 0 radical (unpaired) electrons. The molecule has 8 nitrogen and oxygen atoms in total. The van der Waals surface area contributed by atoms with Gasteiger partial charge >= 0.3 is 0 Å². The van der Waals surface area contributed by atoms with Gasteiger partial charge in [0.05, 0.1) is 16.9 Å². The van der Waals surface area contributed by atoms with Gasteiger partial charge in [0.15, 0.2) is 11.5 Å². The van der Waals surface area contributed by atoms with Crippen molar-refractivity contribution in [3.8, 4) is 11.5 Å². The summed E-state index contributed by atoms with van der Waals surface area (Å²) in [5.74, 6) is 2.07. The zero-order valence-electron chi connectivity index (χ0n) is 19.2. The SMILES string of the molecule is Cc1c(C(=O)NC[C@H]2OCCc3ccccc32)sc2ncnc(NCc3ccc4c(c3)OCO4)c12. The van der Waals surface area contributed by atoms with Crippen LogP contribution in [0.25, 0.3) is 10.2 Å². The molecule has 0 fully saturated rings. The third kappa shape index (κ3) is 4.17. The maximum Gasteiger partial charge on any atom is 0.261 e. The Kier molecular flexibility index (Phi) is 5.71. The number of nitrogens with one attached hydrogen (secondary N) is 2. The van der Waals surface area contributed by atoms with Crippen molar-refractivity contribution in [3.63, 3.8) is 0 Å². The molecule has 0 bridgehead atoms. The van der Waals surface area contributed by atoms with Gasteiger partial charge in [-0.05, 0) is 47.7 Å². The maximum absolute atomic E-state index is 13.1. The minimum Gasteiger partial charge on any atom is -0.454 e. The van der Waals surface area contributed by atoms with Crippen molar-refractivity contribution < 1.29 is 19.0 Å². The third-order valence-electron chi connectivity index (χ3n) is 6.37. The van der Waals surface area contributed by atoms with Gasteiger partial charge in [-0.25, -0.2) is 9.97 Å². The van der Waals surface area contributed by atoms with Crippen molar-refractivity contribution in [3.05, 3.63) is 75.9 Å². The second kappa shape index (κ2) is 9.16. The Labute approximate surface area is 206 Å². The van der Waals surface area contributed by atoms with Crippen LogP contribution in [0.2, 0.25) is 0 Å². The van der Waals surface area contributed by atoms with E-state index in [0.29, 0.717) is 30.4 Å². The second-order valence-electron chi connectivity index (χ2n) is 8.52. The van der Waals surface area contributed by atoms with Crippen molar-refractivity contribution in [2.75, 3.05) is 25.3 Å². The van der Waals surface area contributed by atoms with E-state index in [1.807, 2.05) is 37.3 Å². The van der Waals surface area contributed by atoms with E-state index >= 15 is 0 Å². The number of aromatic nitrogens is 2. The van der Waals surface area contributed by atoms with Crippen LogP contribution >= 0.6 is 11.3 Å². The smallest absolute Gasteiger partial charge is 0.261 e. The molecule has 2 aliphatic rings.